The summed E-state index contributed by atoms with van der Waals surface area (Å²) >= 11 is 0. The third kappa shape index (κ3) is 11.2. The minimum absolute atomic E-state index is 0.00518. The molecule has 5 heterocycles. The number of carbonyl (C=O) groups is 4. The minimum Gasteiger partial charge on any atom is -0.460 e. The Morgan fingerprint density at radius 1 is 1.17 bits per heavy atom. The van der Waals surface area contributed by atoms with E-state index in [4.69, 9.17) is 9.15 Å². The molecule has 15 nitrogen and oxygen atoms in total. The van der Waals surface area contributed by atoms with Gasteiger partial charge in [-0.25, -0.2) is 14.2 Å². The molecule has 2 bridgehead atoms. The van der Waals surface area contributed by atoms with Crippen LogP contribution in [0.5, 0.6) is 0 Å². The van der Waals surface area contributed by atoms with E-state index in [0.717, 1.165) is 6.26 Å². The molecule has 0 spiro atoms. The van der Waals surface area contributed by atoms with Gasteiger partial charge in [0.15, 0.2) is 11.6 Å². The molecule has 54 heavy (non-hydrogen) atoms. The maximum Gasteiger partial charge on any atom is 0.329 e. The number of ether oxygens (including phenoxy) is 1. The van der Waals surface area contributed by atoms with Gasteiger partial charge in [0, 0.05) is 44.6 Å². The van der Waals surface area contributed by atoms with Gasteiger partial charge in [0.25, 0.3) is 5.91 Å². The van der Waals surface area contributed by atoms with E-state index in [1.807, 2.05) is 26.0 Å². The third-order valence-electron chi connectivity index (χ3n) is 9.06. The number of aromatic nitrogens is 5. The third-order valence-corrected chi connectivity index (χ3v) is 9.06. The number of oxazole rings is 1. The summed E-state index contributed by atoms with van der Waals surface area (Å²) in [6.07, 6.45) is 9.16. The molecule has 2 aliphatic rings. The smallest absolute Gasteiger partial charge is 0.329 e. The molecule has 3 amide bonds. The number of aliphatic hydroxyl groups is 1. The van der Waals surface area contributed by atoms with Gasteiger partial charge in [-0.1, -0.05) is 55.0 Å². The molecule has 1 fully saturated rings. The Morgan fingerprint density at radius 2 is 2.00 bits per heavy atom. The van der Waals surface area contributed by atoms with Crippen LogP contribution in [0.2, 0.25) is 0 Å². The zero-order chi connectivity index (χ0) is 38.6. The highest BCUT2D eigenvalue weighted by molar-refractivity contribution is 5.95. The Balaban J connectivity index is 1.32. The van der Waals surface area contributed by atoms with Gasteiger partial charge in [0.1, 0.15) is 30.3 Å². The van der Waals surface area contributed by atoms with Crippen molar-refractivity contribution >= 4 is 23.7 Å². The van der Waals surface area contributed by atoms with E-state index in [-0.39, 0.29) is 62.3 Å². The highest BCUT2D eigenvalue weighted by Crippen LogP contribution is 2.27. The maximum atomic E-state index is 14.8. The van der Waals surface area contributed by atoms with Crippen LogP contribution in [0.15, 0.2) is 77.2 Å². The molecule has 0 aliphatic carbocycles. The van der Waals surface area contributed by atoms with Crippen LogP contribution < -0.4 is 10.6 Å². The van der Waals surface area contributed by atoms with Gasteiger partial charge in [0.05, 0.1) is 31.0 Å². The fourth-order valence-electron chi connectivity index (χ4n) is 6.40. The second kappa shape index (κ2) is 19.0. The summed E-state index contributed by atoms with van der Waals surface area (Å²) in [5, 5.41) is 24.3. The number of amides is 3. The first-order valence-electron chi connectivity index (χ1n) is 18.1. The number of carbonyl (C=O) groups excluding carboxylic acids is 4. The van der Waals surface area contributed by atoms with Crippen LogP contribution in [0.25, 0.3) is 11.4 Å². The molecule has 0 aromatic carbocycles. The molecular formula is C38H47FN8O7. The number of aliphatic hydroxyl groups excluding tert-OH is 1. The van der Waals surface area contributed by atoms with E-state index in [9.17, 15) is 28.7 Å². The number of esters is 1. The molecule has 1 saturated heterocycles. The molecule has 16 heteroatoms. The quantitative estimate of drug-likeness (QED) is 0.301. The molecule has 3 N–H and O–H groups in total. The molecule has 3 aromatic rings. The van der Waals surface area contributed by atoms with E-state index in [1.54, 1.807) is 48.3 Å². The zero-order valence-electron chi connectivity index (χ0n) is 30.6. The Bertz CT molecular complexity index is 1840. The Labute approximate surface area is 312 Å². The fourth-order valence-corrected chi connectivity index (χ4v) is 6.40. The Morgan fingerprint density at radius 3 is 2.78 bits per heavy atom. The molecule has 5 atom stereocenters. The van der Waals surface area contributed by atoms with E-state index in [2.05, 4.69) is 30.9 Å². The van der Waals surface area contributed by atoms with Crippen LogP contribution in [0, 0.1) is 11.8 Å². The first-order chi connectivity index (χ1) is 26.0. The van der Waals surface area contributed by atoms with Crippen molar-refractivity contribution in [2.75, 3.05) is 19.6 Å². The minimum atomic E-state index is -1.50. The fraction of sp³-hybridized carbons (Fsp3) is 0.474. The molecule has 288 valence electrons. The molecule has 5 rings (SSSR count). The highest BCUT2D eigenvalue weighted by atomic mass is 19.1. The summed E-state index contributed by atoms with van der Waals surface area (Å²) in [5.41, 5.74) is 1.86. The number of hydrogen-bond donors (Lipinski definition) is 3. The number of pyridine rings is 1. The summed E-state index contributed by atoms with van der Waals surface area (Å²) in [6, 6.07) is 4.56. The lowest BCUT2D eigenvalue weighted by Crippen LogP contribution is -2.44. The number of rotatable bonds is 7. The number of alkyl halides is 1. The van der Waals surface area contributed by atoms with Gasteiger partial charge < -0.3 is 29.8 Å². The normalized spacial score (nSPS) is 24.0. The maximum absolute atomic E-state index is 14.8. The number of allylic oxidation sites excluding steroid dienone is 2. The summed E-state index contributed by atoms with van der Waals surface area (Å²) in [5.74, 6) is -2.97. The summed E-state index contributed by atoms with van der Waals surface area (Å²) in [7, 11) is 0. The van der Waals surface area contributed by atoms with Crippen LogP contribution in [0.3, 0.4) is 0 Å². The lowest BCUT2D eigenvalue weighted by Gasteiger charge is -2.30. The number of fused-ring (bicyclic) bond motifs is 3. The van der Waals surface area contributed by atoms with Crippen molar-refractivity contribution in [2.45, 2.75) is 83.8 Å². The van der Waals surface area contributed by atoms with E-state index in [1.165, 1.54) is 17.1 Å². The van der Waals surface area contributed by atoms with Crippen molar-refractivity contribution in [3.05, 3.63) is 84.4 Å². The van der Waals surface area contributed by atoms with Gasteiger partial charge >= 0.3 is 5.97 Å². The van der Waals surface area contributed by atoms with E-state index < -0.39 is 48.1 Å². The Kier molecular flexibility index (Phi) is 14.0. The number of nitrogens with zero attached hydrogens (tertiary/aromatic N) is 6. The highest BCUT2D eigenvalue weighted by Gasteiger charge is 2.39. The number of halogens is 1. The standard InChI is InChI=1S/C38H47FN8O7/c1-24(2)36-26(19-34(50)42-15-17-46-22-30(44-45-46)29-9-4-5-13-40-29)11-12-33(49)41-14-6-8-25(3)18-28(48)20-27(39)21-35-43-31(23-53-35)37(51)47-16-7-10-32(47)38(52)54-36/h4-6,8-9,11-13,18,22-24,26-28,32,36,48H,7,10,14-17,19-21H2,1-3H3,(H,41,49)(H,42,50)/b8-6?,12-11+,25-18?. The molecule has 2 aliphatic heterocycles. The second-order valence-corrected chi connectivity index (χ2v) is 13.8. The van der Waals surface area contributed by atoms with E-state index in [0.29, 0.717) is 36.3 Å². The predicted octanol–water partition coefficient (Wildman–Crippen LogP) is 3.14. The molecule has 5 unspecified atom stereocenters. The van der Waals surface area contributed by atoms with Crippen molar-refractivity contribution in [3.63, 3.8) is 0 Å². The van der Waals surface area contributed by atoms with Crippen LogP contribution in [-0.2, 0) is 32.1 Å². The zero-order valence-corrected chi connectivity index (χ0v) is 30.6. The molecule has 0 saturated carbocycles. The first-order valence-corrected chi connectivity index (χ1v) is 18.1. The first kappa shape index (κ1) is 39.7. The van der Waals surface area contributed by atoms with Crippen LogP contribution >= 0.6 is 0 Å². The monoisotopic (exact) mass is 746 g/mol. The van der Waals surface area contributed by atoms with Crippen LogP contribution in [-0.4, -0.2) is 103 Å². The number of nitrogens with one attached hydrogen (secondary N) is 2. The SMILES string of the molecule is CC1=CC(O)CC(F)Cc2nc(co2)C(=O)N2CCCC2C(=O)OC(C(C)C)C(CC(=O)NCCn2cc(-c3ccccn3)nn2)/C=C/C(=O)NCC=C1. The van der Waals surface area contributed by atoms with Crippen molar-refractivity contribution in [1.29, 1.82) is 0 Å². The largest absolute Gasteiger partial charge is 0.460 e. The van der Waals surface area contributed by atoms with Gasteiger partial charge in [-0.3, -0.25) is 24.0 Å². The van der Waals surface area contributed by atoms with Crippen molar-refractivity contribution in [1.82, 2.24) is 40.5 Å². The topological polar surface area (TPSA) is 195 Å². The average molecular weight is 747 g/mol. The second-order valence-electron chi connectivity index (χ2n) is 13.8. The van der Waals surface area contributed by atoms with Crippen LogP contribution in [0.4, 0.5) is 4.39 Å². The molecular weight excluding hydrogens is 699 g/mol. The summed E-state index contributed by atoms with van der Waals surface area (Å²) < 4.78 is 27.9. The summed E-state index contributed by atoms with van der Waals surface area (Å²) in [4.78, 5) is 63.3. The summed E-state index contributed by atoms with van der Waals surface area (Å²) in [6.45, 7) is 6.43. The predicted molar refractivity (Wildman–Crippen MR) is 194 cm³/mol. The molecule has 0 radical (unpaired) electrons. The van der Waals surface area contributed by atoms with Crippen molar-refractivity contribution in [3.8, 4) is 11.4 Å². The average Bonchev–Trinajstić information content (AvgIpc) is 3.92. The lowest BCUT2D eigenvalue weighted by atomic mass is 9.89. The Hall–Kier alpha value is -5.51. The van der Waals surface area contributed by atoms with Gasteiger partial charge in [-0.2, -0.15) is 0 Å². The van der Waals surface area contributed by atoms with Gasteiger partial charge in [-0.15, -0.1) is 5.10 Å². The van der Waals surface area contributed by atoms with Crippen molar-refractivity contribution < 1.29 is 37.8 Å². The van der Waals surface area contributed by atoms with Crippen LogP contribution in [0.1, 0.15) is 62.8 Å². The molecule has 3 aromatic heterocycles. The lowest BCUT2D eigenvalue weighted by molar-refractivity contribution is -0.159. The van der Waals surface area contributed by atoms with Crippen molar-refractivity contribution in [2.24, 2.45) is 11.8 Å². The number of cyclic esters (lactones) is 1. The van der Waals surface area contributed by atoms with Gasteiger partial charge in [0.2, 0.25) is 11.8 Å². The number of hydrogen-bond acceptors (Lipinski definition) is 11. The van der Waals surface area contributed by atoms with E-state index >= 15 is 0 Å². The van der Waals surface area contributed by atoms with Gasteiger partial charge in [-0.05, 0) is 43.9 Å².